The van der Waals surface area contributed by atoms with Crippen LogP contribution in [0.3, 0.4) is 0 Å². The third kappa shape index (κ3) is 3.38. The third-order valence-corrected chi connectivity index (χ3v) is 2.96. The SMILES string of the molecule is CCOC(=O)C(Cc1cc2ccccc2[nH]1)NC(C)=O. The number of H-pyrrole nitrogens is 1. The van der Waals surface area contributed by atoms with Crippen molar-refractivity contribution in [1.29, 1.82) is 0 Å². The molecule has 0 saturated heterocycles. The van der Waals surface area contributed by atoms with Crippen molar-refractivity contribution < 1.29 is 14.3 Å². The zero-order valence-corrected chi connectivity index (χ0v) is 11.6. The molecule has 0 fully saturated rings. The molecule has 1 amide bonds. The van der Waals surface area contributed by atoms with Crippen LogP contribution in [0.4, 0.5) is 0 Å². The van der Waals surface area contributed by atoms with Crippen LogP contribution in [0.5, 0.6) is 0 Å². The van der Waals surface area contributed by atoms with Gasteiger partial charge in [0, 0.05) is 24.6 Å². The molecule has 0 radical (unpaired) electrons. The zero-order valence-electron chi connectivity index (χ0n) is 11.6. The van der Waals surface area contributed by atoms with E-state index in [9.17, 15) is 9.59 Å². The first-order chi connectivity index (χ1) is 9.60. The number of esters is 1. The highest BCUT2D eigenvalue weighted by atomic mass is 16.5. The summed E-state index contributed by atoms with van der Waals surface area (Å²) in [5, 5.41) is 3.70. The molecule has 2 N–H and O–H groups in total. The Kier molecular flexibility index (Phi) is 4.40. The van der Waals surface area contributed by atoms with Crippen LogP contribution in [-0.4, -0.2) is 29.5 Å². The van der Waals surface area contributed by atoms with Crippen molar-refractivity contribution in [2.24, 2.45) is 0 Å². The molecule has 1 unspecified atom stereocenters. The van der Waals surface area contributed by atoms with Crippen LogP contribution in [0.25, 0.3) is 10.9 Å². The maximum atomic E-state index is 11.8. The molecule has 0 saturated carbocycles. The fourth-order valence-corrected chi connectivity index (χ4v) is 2.14. The Bertz CT molecular complexity index is 585. The van der Waals surface area contributed by atoms with Crippen molar-refractivity contribution in [2.45, 2.75) is 26.3 Å². The molecule has 2 rings (SSSR count). The summed E-state index contributed by atoms with van der Waals surface area (Å²) in [6.45, 7) is 3.42. The third-order valence-electron chi connectivity index (χ3n) is 2.96. The minimum absolute atomic E-state index is 0.251. The van der Waals surface area contributed by atoms with Crippen LogP contribution in [-0.2, 0) is 20.7 Å². The maximum Gasteiger partial charge on any atom is 0.329 e. The van der Waals surface area contributed by atoms with Gasteiger partial charge in [0.2, 0.25) is 5.91 Å². The topological polar surface area (TPSA) is 71.2 Å². The molecule has 106 valence electrons. The molecule has 2 aromatic rings. The Morgan fingerprint density at radius 1 is 1.35 bits per heavy atom. The smallest absolute Gasteiger partial charge is 0.329 e. The van der Waals surface area contributed by atoms with Gasteiger partial charge in [-0.2, -0.15) is 0 Å². The Hall–Kier alpha value is -2.30. The molecule has 0 aliphatic rings. The first-order valence-corrected chi connectivity index (χ1v) is 6.60. The monoisotopic (exact) mass is 274 g/mol. The van der Waals surface area contributed by atoms with Crippen molar-refractivity contribution in [3.05, 3.63) is 36.0 Å². The number of rotatable bonds is 5. The highest BCUT2D eigenvalue weighted by Crippen LogP contribution is 2.16. The number of fused-ring (bicyclic) bond motifs is 1. The van der Waals surface area contributed by atoms with Gasteiger partial charge in [-0.15, -0.1) is 0 Å². The minimum atomic E-state index is -0.666. The lowest BCUT2D eigenvalue weighted by atomic mass is 10.1. The van der Waals surface area contributed by atoms with E-state index < -0.39 is 12.0 Å². The van der Waals surface area contributed by atoms with Gasteiger partial charge in [0.25, 0.3) is 0 Å². The highest BCUT2D eigenvalue weighted by molar-refractivity contribution is 5.84. The van der Waals surface area contributed by atoms with Gasteiger partial charge >= 0.3 is 5.97 Å². The molecular weight excluding hydrogens is 256 g/mol. The number of hydrogen-bond acceptors (Lipinski definition) is 3. The van der Waals surface area contributed by atoms with Crippen molar-refractivity contribution in [1.82, 2.24) is 10.3 Å². The molecule has 1 heterocycles. The number of hydrogen-bond donors (Lipinski definition) is 2. The number of carbonyl (C=O) groups excluding carboxylic acids is 2. The predicted molar refractivity (Wildman–Crippen MR) is 76.2 cm³/mol. The van der Waals surface area contributed by atoms with Crippen molar-refractivity contribution in [3.8, 4) is 0 Å². The Morgan fingerprint density at radius 2 is 2.10 bits per heavy atom. The van der Waals surface area contributed by atoms with Crippen LogP contribution in [0, 0.1) is 0 Å². The summed E-state index contributed by atoms with van der Waals surface area (Å²) < 4.78 is 4.98. The summed E-state index contributed by atoms with van der Waals surface area (Å²) in [5.74, 6) is -0.666. The van der Waals surface area contributed by atoms with Crippen LogP contribution >= 0.6 is 0 Å². The van der Waals surface area contributed by atoms with E-state index in [1.165, 1.54) is 6.92 Å². The van der Waals surface area contributed by atoms with Gasteiger partial charge in [-0.1, -0.05) is 18.2 Å². The largest absolute Gasteiger partial charge is 0.464 e. The summed E-state index contributed by atoms with van der Waals surface area (Å²) in [6.07, 6.45) is 0.382. The number of carbonyl (C=O) groups is 2. The standard InChI is InChI=1S/C15H18N2O3/c1-3-20-15(19)14(16-10(2)18)9-12-8-11-6-4-5-7-13(11)17-12/h4-8,14,17H,3,9H2,1-2H3,(H,16,18). The van der Waals surface area contributed by atoms with Crippen LogP contribution < -0.4 is 5.32 Å². The molecule has 1 aromatic heterocycles. The average molecular weight is 274 g/mol. The molecule has 1 aromatic carbocycles. The van der Waals surface area contributed by atoms with Gasteiger partial charge in [-0.25, -0.2) is 4.79 Å². The maximum absolute atomic E-state index is 11.8. The second kappa shape index (κ2) is 6.23. The summed E-state index contributed by atoms with van der Waals surface area (Å²) >= 11 is 0. The van der Waals surface area contributed by atoms with Crippen molar-refractivity contribution in [2.75, 3.05) is 6.61 Å². The second-order valence-electron chi connectivity index (χ2n) is 4.59. The lowest BCUT2D eigenvalue weighted by molar-refractivity contribution is -0.147. The lowest BCUT2D eigenvalue weighted by Gasteiger charge is -2.15. The normalized spacial score (nSPS) is 12.1. The number of nitrogens with one attached hydrogen (secondary N) is 2. The minimum Gasteiger partial charge on any atom is -0.464 e. The molecule has 0 aliphatic carbocycles. The van der Waals surface area contributed by atoms with Gasteiger partial charge < -0.3 is 15.0 Å². The number of ether oxygens (including phenoxy) is 1. The van der Waals surface area contributed by atoms with Gasteiger partial charge in [0.05, 0.1) is 6.61 Å². The Balaban J connectivity index is 2.17. The molecule has 20 heavy (non-hydrogen) atoms. The first-order valence-electron chi connectivity index (χ1n) is 6.60. The Morgan fingerprint density at radius 3 is 2.75 bits per heavy atom. The van der Waals surface area contributed by atoms with Gasteiger partial charge in [0.15, 0.2) is 0 Å². The number of benzene rings is 1. The average Bonchev–Trinajstić information content (AvgIpc) is 2.80. The second-order valence-corrected chi connectivity index (χ2v) is 4.59. The summed E-state index contributed by atoms with van der Waals surface area (Å²) in [4.78, 5) is 26.3. The summed E-state index contributed by atoms with van der Waals surface area (Å²) in [7, 11) is 0. The van der Waals surface area contributed by atoms with E-state index in [4.69, 9.17) is 4.74 Å². The number of aromatic nitrogens is 1. The summed E-state index contributed by atoms with van der Waals surface area (Å²) in [6, 6.07) is 9.17. The molecule has 0 spiro atoms. The summed E-state index contributed by atoms with van der Waals surface area (Å²) in [5.41, 5.74) is 1.89. The van der Waals surface area contributed by atoms with E-state index in [0.29, 0.717) is 13.0 Å². The van der Waals surface area contributed by atoms with Crippen LogP contribution in [0.15, 0.2) is 30.3 Å². The van der Waals surface area contributed by atoms with Crippen LogP contribution in [0.1, 0.15) is 19.5 Å². The van der Waals surface area contributed by atoms with E-state index in [-0.39, 0.29) is 5.91 Å². The highest BCUT2D eigenvalue weighted by Gasteiger charge is 2.21. The fraction of sp³-hybridized carbons (Fsp3) is 0.333. The fourth-order valence-electron chi connectivity index (χ4n) is 2.14. The molecule has 0 bridgehead atoms. The number of para-hydroxylation sites is 1. The first kappa shape index (κ1) is 14.1. The number of aromatic amines is 1. The number of amides is 1. The quantitative estimate of drug-likeness (QED) is 0.816. The van der Waals surface area contributed by atoms with Crippen molar-refractivity contribution >= 4 is 22.8 Å². The van der Waals surface area contributed by atoms with Gasteiger partial charge in [0.1, 0.15) is 6.04 Å². The zero-order chi connectivity index (χ0) is 14.5. The van der Waals surface area contributed by atoms with Crippen LogP contribution in [0.2, 0.25) is 0 Å². The molecule has 0 aliphatic heterocycles. The van der Waals surface area contributed by atoms with E-state index >= 15 is 0 Å². The van der Waals surface area contributed by atoms with Gasteiger partial charge in [-0.3, -0.25) is 4.79 Å². The molecule has 5 nitrogen and oxygen atoms in total. The van der Waals surface area contributed by atoms with E-state index in [1.54, 1.807) is 6.92 Å². The van der Waals surface area contributed by atoms with E-state index in [1.807, 2.05) is 30.3 Å². The van der Waals surface area contributed by atoms with Gasteiger partial charge in [-0.05, 0) is 24.4 Å². The van der Waals surface area contributed by atoms with E-state index in [0.717, 1.165) is 16.6 Å². The van der Waals surface area contributed by atoms with Crippen molar-refractivity contribution in [3.63, 3.8) is 0 Å². The van der Waals surface area contributed by atoms with E-state index in [2.05, 4.69) is 10.3 Å². The molecule has 5 heteroatoms. The predicted octanol–water partition coefficient (Wildman–Crippen LogP) is 1.78. The lowest BCUT2D eigenvalue weighted by Crippen LogP contribution is -2.42. The molecule has 1 atom stereocenters. The molecular formula is C15H18N2O3. The Labute approximate surface area is 117 Å².